The highest BCUT2D eigenvalue weighted by atomic mass is 19.2. The molecular weight excluding hydrogens is 273 g/mol. The van der Waals surface area contributed by atoms with Crippen LogP contribution in [0.1, 0.15) is 16.2 Å². The molecule has 0 radical (unpaired) electrons. The Balaban J connectivity index is 2.15. The molecule has 0 aliphatic carbocycles. The molecule has 2 aromatic rings. The number of nitrogens with zero attached hydrogens (tertiary/aromatic N) is 1. The van der Waals surface area contributed by atoms with Crippen molar-refractivity contribution in [3.05, 3.63) is 59.2 Å². The number of halogens is 3. The molecule has 0 spiro atoms. The highest BCUT2D eigenvalue weighted by Gasteiger charge is 2.10. The monoisotopic (exact) mass is 282 g/mol. The summed E-state index contributed by atoms with van der Waals surface area (Å²) >= 11 is 0. The molecule has 0 atom stereocenters. The van der Waals surface area contributed by atoms with E-state index in [1.165, 1.54) is 18.2 Å². The average Bonchev–Trinajstić information content (AvgIpc) is 2.41. The Bertz CT molecular complexity index is 662. The van der Waals surface area contributed by atoms with Gasteiger partial charge in [0.25, 0.3) is 0 Å². The number of aromatic carboxylic acids is 1. The maximum atomic E-state index is 13.4. The Morgan fingerprint density at radius 3 is 2.55 bits per heavy atom. The van der Waals surface area contributed by atoms with Gasteiger partial charge in [-0.1, -0.05) is 6.07 Å². The number of hydrogen-bond acceptors (Lipinski definition) is 3. The number of hydrogen-bond donors (Lipinski definition) is 2. The lowest BCUT2D eigenvalue weighted by atomic mass is 10.2. The van der Waals surface area contributed by atoms with E-state index in [4.69, 9.17) is 5.11 Å². The van der Waals surface area contributed by atoms with Gasteiger partial charge in [-0.05, 0) is 12.1 Å². The molecule has 0 saturated carbocycles. The molecule has 1 aromatic heterocycles. The van der Waals surface area contributed by atoms with E-state index in [0.717, 1.165) is 0 Å². The lowest BCUT2D eigenvalue weighted by Gasteiger charge is -2.08. The number of carboxylic acids is 1. The zero-order valence-corrected chi connectivity index (χ0v) is 10.0. The second-order valence-electron chi connectivity index (χ2n) is 3.92. The van der Waals surface area contributed by atoms with Gasteiger partial charge in [0.15, 0.2) is 11.6 Å². The second-order valence-corrected chi connectivity index (χ2v) is 3.92. The summed E-state index contributed by atoms with van der Waals surface area (Å²) in [5.74, 6) is -4.59. The van der Waals surface area contributed by atoms with Gasteiger partial charge in [0, 0.05) is 12.1 Å². The predicted octanol–water partition coefficient (Wildman–Crippen LogP) is 2.81. The zero-order valence-electron chi connectivity index (χ0n) is 10.0. The van der Waals surface area contributed by atoms with Crippen molar-refractivity contribution in [2.24, 2.45) is 0 Å². The third kappa shape index (κ3) is 3.05. The van der Waals surface area contributed by atoms with E-state index in [-0.39, 0.29) is 17.9 Å². The van der Waals surface area contributed by atoms with Gasteiger partial charge in [0.2, 0.25) is 0 Å². The molecule has 2 rings (SSSR count). The lowest BCUT2D eigenvalue weighted by molar-refractivity contribution is 0.0690. The number of carboxylic acid groups (broad SMARTS) is 1. The van der Waals surface area contributed by atoms with Crippen LogP contribution in [0.4, 0.5) is 18.9 Å². The topological polar surface area (TPSA) is 62.2 Å². The summed E-state index contributed by atoms with van der Waals surface area (Å²) in [5, 5.41) is 11.3. The van der Waals surface area contributed by atoms with E-state index < -0.39 is 23.4 Å². The molecular formula is C13H9F3N2O2. The number of benzene rings is 1. The fraction of sp³-hybridized carbons (Fsp3) is 0.0769. The van der Waals surface area contributed by atoms with E-state index in [1.54, 1.807) is 0 Å². The molecule has 0 aliphatic heterocycles. The third-order valence-electron chi connectivity index (χ3n) is 2.50. The van der Waals surface area contributed by atoms with Gasteiger partial charge in [-0.3, -0.25) is 0 Å². The zero-order chi connectivity index (χ0) is 14.7. The number of anilines is 1. The van der Waals surface area contributed by atoms with Crippen LogP contribution in [-0.4, -0.2) is 16.1 Å². The van der Waals surface area contributed by atoms with Crippen molar-refractivity contribution in [1.82, 2.24) is 4.98 Å². The molecule has 20 heavy (non-hydrogen) atoms. The Kier molecular flexibility index (Phi) is 3.88. The van der Waals surface area contributed by atoms with Crippen molar-refractivity contribution in [1.29, 1.82) is 0 Å². The van der Waals surface area contributed by atoms with E-state index in [0.29, 0.717) is 17.8 Å². The van der Waals surface area contributed by atoms with Gasteiger partial charge >= 0.3 is 5.97 Å². The minimum absolute atomic E-state index is 0.0247. The smallest absolute Gasteiger partial charge is 0.354 e. The maximum Gasteiger partial charge on any atom is 0.354 e. The molecule has 7 heteroatoms. The number of nitrogens with one attached hydrogen (secondary N) is 1. The van der Waals surface area contributed by atoms with Crippen LogP contribution in [0.3, 0.4) is 0 Å². The van der Waals surface area contributed by atoms with Gasteiger partial charge < -0.3 is 10.4 Å². The van der Waals surface area contributed by atoms with Crippen molar-refractivity contribution < 1.29 is 23.1 Å². The van der Waals surface area contributed by atoms with E-state index >= 15 is 0 Å². The second kappa shape index (κ2) is 5.60. The standard InChI is InChI=1S/C13H9F3N2O2/c14-8-4-10(16)12(5-9(8)15)17-6-7-2-1-3-11(18-7)13(19)20/h1-5,17H,6H2,(H,19,20). The van der Waals surface area contributed by atoms with Crippen molar-refractivity contribution in [2.75, 3.05) is 5.32 Å². The van der Waals surface area contributed by atoms with Crippen LogP contribution in [0, 0.1) is 17.5 Å². The van der Waals surface area contributed by atoms with Crippen LogP contribution in [0.15, 0.2) is 30.3 Å². The average molecular weight is 282 g/mol. The van der Waals surface area contributed by atoms with Crippen molar-refractivity contribution in [2.45, 2.75) is 6.54 Å². The van der Waals surface area contributed by atoms with Crippen LogP contribution in [0.25, 0.3) is 0 Å². The highest BCUT2D eigenvalue weighted by molar-refractivity contribution is 5.85. The number of pyridine rings is 1. The third-order valence-corrected chi connectivity index (χ3v) is 2.50. The molecule has 0 aliphatic rings. The summed E-state index contributed by atoms with van der Waals surface area (Å²) in [4.78, 5) is 14.5. The van der Waals surface area contributed by atoms with Gasteiger partial charge in [0.1, 0.15) is 11.5 Å². The fourth-order valence-corrected chi connectivity index (χ4v) is 1.54. The number of carbonyl (C=O) groups is 1. The molecule has 2 N–H and O–H groups in total. The first-order valence-electron chi connectivity index (χ1n) is 5.55. The molecule has 1 heterocycles. The van der Waals surface area contributed by atoms with Crippen molar-refractivity contribution in [3.63, 3.8) is 0 Å². The minimum atomic E-state index is -1.28. The Morgan fingerprint density at radius 2 is 1.85 bits per heavy atom. The number of aromatic nitrogens is 1. The summed E-state index contributed by atoms with van der Waals surface area (Å²) in [6, 6.07) is 5.43. The molecule has 0 fully saturated rings. The first kappa shape index (κ1) is 13.9. The largest absolute Gasteiger partial charge is 0.477 e. The molecule has 1 aromatic carbocycles. The SMILES string of the molecule is O=C(O)c1cccc(CNc2cc(F)c(F)cc2F)n1. The summed E-state index contributed by atoms with van der Waals surface area (Å²) in [7, 11) is 0. The Morgan fingerprint density at radius 1 is 1.15 bits per heavy atom. The number of rotatable bonds is 4. The molecule has 0 unspecified atom stereocenters. The van der Waals surface area contributed by atoms with Crippen molar-refractivity contribution in [3.8, 4) is 0 Å². The molecule has 4 nitrogen and oxygen atoms in total. The summed E-state index contributed by atoms with van der Waals surface area (Å²) in [6.07, 6.45) is 0. The highest BCUT2D eigenvalue weighted by Crippen LogP contribution is 2.19. The fourth-order valence-electron chi connectivity index (χ4n) is 1.54. The van der Waals surface area contributed by atoms with Gasteiger partial charge in [-0.15, -0.1) is 0 Å². The van der Waals surface area contributed by atoms with Crippen LogP contribution < -0.4 is 5.32 Å². The van der Waals surface area contributed by atoms with E-state index in [9.17, 15) is 18.0 Å². The normalized spacial score (nSPS) is 10.3. The minimum Gasteiger partial charge on any atom is -0.477 e. The quantitative estimate of drug-likeness (QED) is 0.846. The van der Waals surface area contributed by atoms with E-state index in [2.05, 4.69) is 10.3 Å². The van der Waals surface area contributed by atoms with Gasteiger partial charge in [0.05, 0.1) is 17.9 Å². The summed E-state index contributed by atoms with van der Waals surface area (Å²) < 4.78 is 39.1. The Labute approximate surface area is 111 Å². The predicted molar refractivity (Wildman–Crippen MR) is 64.8 cm³/mol. The van der Waals surface area contributed by atoms with Crippen LogP contribution >= 0.6 is 0 Å². The lowest BCUT2D eigenvalue weighted by Crippen LogP contribution is -2.07. The Hall–Kier alpha value is -2.57. The first-order valence-corrected chi connectivity index (χ1v) is 5.55. The van der Waals surface area contributed by atoms with Crippen LogP contribution in [-0.2, 0) is 6.54 Å². The summed E-state index contributed by atoms with van der Waals surface area (Å²) in [5.41, 5.74) is -0.0597. The van der Waals surface area contributed by atoms with Crippen LogP contribution in [0.5, 0.6) is 0 Å². The molecule has 104 valence electrons. The van der Waals surface area contributed by atoms with Gasteiger partial charge in [-0.25, -0.2) is 22.9 Å². The van der Waals surface area contributed by atoms with Gasteiger partial charge in [-0.2, -0.15) is 0 Å². The van der Waals surface area contributed by atoms with Crippen molar-refractivity contribution >= 4 is 11.7 Å². The van der Waals surface area contributed by atoms with Crippen LogP contribution in [0.2, 0.25) is 0 Å². The molecule has 0 amide bonds. The molecule has 0 bridgehead atoms. The van der Waals surface area contributed by atoms with E-state index in [1.807, 2.05) is 0 Å². The summed E-state index contributed by atoms with van der Waals surface area (Å²) in [6.45, 7) is -0.0247. The maximum absolute atomic E-state index is 13.4. The molecule has 0 saturated heterocycles. The first-order chi connectivity index (χ1) is 9.47.